The molecule has 2 heterocycles. The summed E-state index contributed by atoms with van der Waals surface area (Å²) >= 11 is 3.80. The molecule has 1 amide bonds. The van der Waals surface area contributed by atoms with Crippen LogP contribution < -0.4 is 5.32 Å². The number of amides is 1. The van der Waals surface area contributed by atoms with Crippen molar-refractivity contribution >= 4 is 39.8 Å². The number of nitriles is 1. The van der Waals surface area contributed by atoms with E-state index in [9.17, 15) is 4.79 Å². The maximum atomic E-state index is 12.0. The first kappa shape index (κ1) is 13.8. The largest absolute Gasteiger partial charge is 0.349 e. The topological polar surface area (TPSA) is 56.1 Å². The van der Waals surface area contributed by atoms with Gasteiger partial charge in [0.2, 0.25) is 0 Å². The minimum atomic E-state index is 0.0212. The Morgan fingerprint density at radius 2 is 2.33 bits per heavy atom. The minimum absolute atomic E-state index is 0.0212. The van der Waals surface area contributed by atoms with Gasteiger partial charge in [-0.2, -0.15) is 5.26 Å². The van der Waals surface area contributed by atoms with Gasteiger partial charge in [0.25, 0.3) is 5.91 Å². The van der Waals surface area contributed by atoms with Crippen molar-refractivity contribution in [3.63, 3.8) is 0 Å². The number of piperidine rings is 1. The van der Waals surface area contributed by atoms with Crippen molar-refractivity contribution in [3.05, 3.63) is 19.9 Å². The number of nitrogens with one attached hydrogen (secondary N) is 1. The molecule has 0 spiro atoms. The molecule has 18 heavy (non-hydrogen) atoms. The van der Waals surface area contributed by atoms with Gasteiger partial charge in [-0.3, -0.25) is 9.69 Å². The summed E-state index contributed by atoms with van der Waals surface area (Å²) < 4.78 is 1.13. The fourth-order valence-corrected chi connectivity index (χ4v) is 3.36. The van der Waals surface area contributed by atoms with Crippen LogP contribution in [0.3, 0.4) is 0 Å². The van der Waals surface area contributed by atoms with Crippen molar-refractivity contribution < 1.29 is 4.79 Å². The van der Waals surface area contributed by atoms with E-state index < -0.39 is 0 Å². The molecule has 0 atom stereocenters. The average Bonchev–Trinajstić information content (AvgIpc) is 2.79. The molecule has 1 fully saturated rings. The minimum Gasteiger partial charge on any atom is -0.349 e. The first-order valence-electron chi connectivity index (χ1n) is 5.83. The molecular weight excluding hydrogens is 361 g/mol. The third-order valence-electron chi connectivity index (χ3n) is 3.05. The van der Waals surface area contributed by atoms with Crippen molar-refractivity contribution in [3.8, 4) is 6.07 Å². The van der Waals surface area contributed by atoms with E-state index >= 15 is 0 Å². The molecular formula is C12H14IN3OS. The van der Waals surface area contributed by atoms with E-state index in [2.05, 4.69) is 38.9 Å². The number of likely N-dealkylation sites (tertiary alicyclic amines) is 1. The van der Waals surface area contributed by atoms with E-state index in [1.807, 2.05) is 11.4 Å². The molecule has 1 N–H and O–H groups in total. The Balaban J connectivity index is 1.81. The summed E-state index contributed by atoms with van der Waals surface area (Å²) in [6.45, 7) is 2.27. The Morgan fingerprint density at radius 3 is 2.89 bits per heavy atom. The quantitative estimate of drug-likeness (QED) is 0.650. The molecule has 1 saturated heterocycles. The lowest BCUT2D eigenvalue weighted by atomic mass is 10.0. The molecule has 1 aliphatic rings. The molecule has 1 aliphatic heterocycles. The van der Waals surface area contributed by atoms with E-state index in [0.29, 0.717) is 6.54 Å². The summed E-state index contributed by atoms with van der Waals surface area (Å²) in [7, 11) is 0. The number of hydrogen-bond donors (Lipinski definition) is 1. The van der Waals surface area contributed by atoms with E-state index in [0.717, 1.165) is 34.4 Å². The first-order chi connectivity index (χ1) is 8.69. The molecule has 0 radical (unpaired) electrons. The van der Waals surface area contributed by atoms with Gasteiger partial charge in [-0.25, -0.2) is 0 Å². The monoisotopic (exact) mass is 375 g/mol. The molecule has 6 heteroatoms. The Morgan fingerprint density at radius 1 is 1.61 bits per heavy atom. The number of carbonyl (C=O) groups is 1. The maximum Gasteiger partial charge on any atom is 0.252 e. The van der Waals surface area contributed by atoms with Gasteiger partial charge in [-0.15, -0.1) is 11.3 Å². The van der Waals surface area contributed by atoms with Crippen molar-refractivity contribution in [2.24, 2.45) is 0 Å². The highest BCUT2D eigenvalue weighted by atomic mass is 127. The van der Waals surface area contributed by atoms with Gasteiger partial charge >= 0.3 is 0 Å². The fourth-order valence-electron chi connectivity index (χ4n) is 2.03. The number of halogens is 1. The maximum absolute atomic E-state index is 12.0. The van der Waals surface area contributed by atoms with Gasteiger partial charge in [0, 0.05) is 24.5 Å². The standard InChI is InChI=1S/C12H14IN3OS/c13-11-7-9(8-18-11)12(17)15-10-1-4-16(5-2-10)6-3-14/h7-8,10H,1-2,4-6H2,(H,15,17). The highest BCUT2D eigenvalue weighted by Crippen LogP contribution is 2.17. The summed E-state index contributed by atoms with van der Waals surface area (Å²) in [6.07, 6.45) is 1.85. The summed E-state index contributed by atoms with van der Waals surface area (Å²) in [4.78, 5) is 14.1. The second kappa shape index (κ2) is 6.50. The molecule has 0 aromatic carbocycles. The number of nitrogens with zero attached hydrogens (tertiary/aromatic N) is 2. The first-order valence-corrected chi connectivity index (χ1v) is 7.79. The van der Waals surface area contributed by atoms with Crippen LogP contribution in [0.4, 0.5) is 0 Å². The van der Waals surface area contributed by atoms with Crippen LogP contribution in [0, 0.1) is 14.2 Å². The number of rotatable bonds is 3. The zero-order valence-corrected chi connectivity index (χ0v) is 12.8. The molecule has 1 aromatic rings. The summed E-state index contributed by atoms with van der Waals surface area (Å²) in [5, 5.41) is 13.6. The van der Waals surface area contributed by atoms with Crippen molar-refractivity contribution in [2.45, 2.75) is 18.9 Å². The molecule has 2 rings (SSSR count). The zero-order valence-electron chi connectivity index (χ0n) is 9.86. The lowest BCUT2D eigenvalue weighted by Gasteiger charge is -2.30. The second-order valence-electron chi connectivity index (χ2n) is 4.32. The van der Waals surface area contributed by atoms with Gasteiger partial charge in [0.1, 0.15) is 0 Å². The van der Waals surface area contributed by atoms with Gasteiger partial charge in [0.05, 0.1) is 21.1 Å². The smallest absolute Gasteiger partial charge is 0.252 e. The van der Waals surface area contributed by atoms with Crippen LogP contribution in [0.15, 0.2) is 11.4 Å². The normalized spacial score (nSPS) is 17.3. The van der Waals surface area contributed by atoms with E-state index in [1.165, 1.54) is 0 Å². The van der Waals surface area contributed by atoms with Crippen LogP contribution in [-0.4, -0.2) is 36.5 Å². The van der Waals surface area contributed by atoms with E-state index in [4.69, 9.17) is 5.26 Å². The Bertz CT molecular complexity index is 460. The Hall–Kier alpha value is -0.650. The van der Waals surface area contributed by atoms with Gasteiger partial charge < -0.3 is 5.32 Å². The molecule has 96 valence electrons. The molecule has 0 saturated carbocycles. The van der Waals surface area contributed by atoms with E-state index in [1.54, 1.807) is 11.3 Å². The van der Waals surface area contributed by atoms with E-state index in [-0.39, 0.29) is 11.9 Å². The third kappa shape index (κ3) is 3.67. The lowest BCUT2D eigenvalue weighted by Crippen LogP contribution is -2.44. The van der Waals surface area contributed by atoms with Crippen molar-refractivity contribution in [1.82, 2.24) is 10.2 Å². The van der Waals surface area contributed by atoms with Gasteiger partial charge in [0.15, 0.2) is 0 Å². The average molecular weight is 375 g/mol. The lowest BCUT2D eigenvalue weighted by molar-refractivity contribution is 0.0915. The second-order valence-corrected chi connectivity index (χ2v) is 7.13. The molecule has 0 aliphatic carbocycles. The number of thiophene rings is 1. The molecule has 0 bridgehead atoms. The third-order valence-corrected chi connectivity index (χ3v) is 4.84. The van der Waals surface area contributed by atoms with Crippen molar-refractivity contribution in [2.75, 3.05) is 19.6 Å². The Labute approximate surface area is 124 Å². The predicted molar refractivity (Wildman–Crippen MR) is 79.6 cm³/mol. The summed E-state index contributed by atoms with van der Waals surface area (Å²) in [5.41, 5.74) is 0.754. The zero-order chi connectivity index (χ0) is 13.0. The highest BCUT2D eigenvalue weighted by Gasteiger charge is 2.21. The van der Waals surface area contributed by atoms with Crippen LogP contribution in [-0.2, 0) is 0 Å². The Kier molecular flexibility index (Phi) is 4.97. The SMILES string of the molecule is N#CCN1CCC(NC(=O)c2csc(I)c2)CC1. The number of carbonyl (C=O) groups excluding carboxylic acids is 1. The van der Waals surface area contributed by atoms with Crippen LogP contribution >= 0.6 is 33.9 Å². The number of hydrogen-bond acceptors (Lipinski definition) is 4. The molecule has 4 nitrogen and oxygen atoms in total. The fraction of sp³-hybridized carbons (Fsp3) is 0.500. The van der Waals surface area contributed by atoms with Crippen LogP contribution in [0.2, 0.25) is 0 Å². The summed E-state index contributed by atoms with van der Waals surface area (Å²) in [5.74, 6) is 0.0212. The van der Waals surface area contributed by atoms with Crippen LogP contribution in [0.1, 0.15) is 23.2 Å². The van der Waals surface area contributed by atoms with Crippen LogP contribution in [0.25, 0.3) is 0 Å². The predicted octanol–water partition coefficient (Wildman–Crippen LogP) is 2.07. The molecule has 1 aromatic heterocycles. The van der Waals surface area contributed by atoms with Crippen LogP contribution in [0.5, 0.6) is 0 Å². The van der Waals surface area contributed by atoms with Gasteiger partial charge in [-0.1, -0.05) is 0 Å². The highest BCUT2D eigenvalue weighted by molar-refractivity contribution is 14.1. The van der Waals surface area contributed by atoms with Crippen molar-refractivity contribution in [1.29, 1.82) is 5.26 Å². The molecule has 0 unspecified atom stereocenters. The van der Waals surface area contributed by atoms with Gasteiger partial charge in [-0.05, 0) is 41.5 Å². The summed E-state index contributed by atoms with van der Waals surface area (Å²) in [6, 6.07) is 4.31.